The summed E-state index contributed by atoms with van der Waals surface area (Å²) in [5.41, 5.74) is 1.27. The minimum Gasteiger partial charge on any atom is -0.507 e. The molecule has 1 aliphatic rings. The molecule has 0 spiro atoms. The summed E-state index contributed by atoms with van der Waals surface area (Å²) < 4.78 is 11.3. The van der Waals surface area contributed by atoms with E-state index in [1.165, 1.54) is 0 Å². The highest BCUT2D eigenvalue weighted by Crippen LogP contribution is 2.40. The second-order valence-electron chi connectivity index (χ2n) is 9.23. The first-order valence-electron chi connectivity index (χ1n) is 12.9. The third kappa shape index (κ3) is 6.80. The normalized spacial score (nSPS) is 17.0. The van der Waals surface area contributed by atoms with Crippen molar-refractivity contribution in [3.05, 3.63) is 77.9 Å². The zero-order valence-corrected chi connectivity index (χ0v) is 22.3. The lowest BCUT2D eigenvalue weighted by molar-refractivity contribution is -0.140. The average molecular weight is 507 g/mol. The van der Waals surface area contributed by atoms with Crippen molar-refractivity contribution in [2.45, 2.75) is 46.3 Å². The second-order valence-corrected chi connectivity index (χ2v) is 9.23. The van der Waals surface area contributed by atoms with E-state index in [9.17, 15) is 14.7 Å². The standard InChI is InChI=1S/C30H38N2O5/c1-6-20-36-24-14-10-22(11-15-24)27-26(28(33)23-12-16-25(17-13-23)37-21(4)5)29(34)30(35)32(27)19-9-18-31(7-2)8-3/h6,10-17,21,27,33H,1,7-9,18-20H2,2-5H3/b28-26+/t27-/m1/s1. The van der Waals surface area contributed by atoms with E-state index >= 15 is 0 Å². The molecule has 2 aromatic carbocycles. The Labute approximate surface area is 220 Å². The van der Waals surface area contributed by atoms with Crippen molar-refractivity contribution in [3.8, 4) is 11.5 Å². The molecule has 1 saturated heterocycles. The van der Waals surface area contributed by atoms with E-state index in [2.05, 4.69) is 25.3 Å². The first-order valence-corrected chi connectivity index (χ1v) is 12.9. The van der Waals surface area contributed by atoms with Crippen LogP contribution in [0.4, 0.5) is 0 Å². The molecular formula is C30H38N2O5. The summed E-state index contributed by atoms with van der Waals surface area (Å²) in [4.78, 5) is 30.3. The molecule has 3 rings (SSSR count). The van der Waals surface area contributed by atoms with Gasteiger partial charge in [0.05, 0.1) is 17.7 Å². The van der Waals surface area contributed by atoms with Crippen molar-refractivity contribution in [2.75, 3.05) is 32.8 Å². The molecule has 1 fully saturated rings. The lowest BCUT2D eigenvalue weighted by atomic mass is 9.95. The Bertz CT molecular complexity index is 1100. The number of hydrogen-bond donors (Lipinski definition) is 1. The van der Waals surface area contributed by atoms with Crippen LogP contribution in [0.15, 0.2) is 66.8 Å². The molecule has 0 aromatic heterocycles. The van der Waals surface area contributed by atoms with Gasteiger partial charge in [0.2, 0.25) is 0 Å². The maximum atomic E-state index is 13.3. The van der Waals surface area contributed by atoms with Crippen LogP contribution in [0.3, 0.4) is 0 Å². The van der Waals surface area contributed by atoms with E-state index in [0.29, 0.717) is 36.6 Å². The lowest BCUT2D eigenvalue weighted by Crippen LogP contribution is -2.33. The molecule has 1 heterocycles. The number of nitrogens with zero attached hydrogens (tertiary/aromatic N) is 2. The molecule has 1 N–H and O–H groups in total. The van der Waals surface area contributed by atoms with Crippen LogP contribution < -0.4 is 9.47 Å². The average Bonchev–Trinajstić information content (AvgIpc) is 3.15. The zero-order chi connectivity index (χ0) is 26.9. The number of Topliss-reactive ketones (excluding diaryl/α,β-unsaturated/α-hetero) is 1. The first-order chi connectivity index (χ1) is 17.8. The van der Waals surface area contributed by atoms with Crippen molar-refractivity contribution >= 4 is 17.4 Å². The zero-order valence-electron chi connectivity index (χ0n) is 22.3. The number of carbonyl (C=O) groups is 2. The van der Waals surface area contributed by atoms with Crippen LogP contribution in [0.25, 0.3) is 5.76 Å². The number of carbonyl (C=O) groups excluding carboxylic acids is 2. The van der Waals surface area contributed by atoms with Crippen LogP contribution in [0.2, 0.25) is 0 Å². The maximum Gasteiger partial charge on any atom is 0.295 e. The highest BCUT2D eigenvalue weighted by atomic mass is 16.5. The molecule has 1 aliphatic heterocycles. The summed E-state index contributed by atoms with van der Waals surface area (Å²) in [5, 5.41) is 11.3. The highest BCUT2D eigenvalue weighted by Gasteiger charge is 2.45. The molecule has 1 atom stereocenters. The van der Waals surface area contributed by atoms with Crippen molar-refractivity contribution in [1.82, 2.24) is 9.80 Å². The number of ketones is 1. The van der Waals surface area contributed by atoms with Gasteiger partial charge in [-0.2, -0.15) is 0 Å². The Morgan fingerprint density at radius 1 is 1.05 bits per heavy atom. The summed E-state index contributed by atoms with van der Waals surface area (Å²) in [6, 6.07) is 13.5. The van der Waals surface area contributed by atoms with Gasteiger partial charge in [-0.3, -0.25) is 9.59 Å². The molecule has 0 unspecified atom stereocenters. The van der Waals surface area contributed by atoms with Crippen molar-refractivity contribution in [2.24, 2.45) is 0 Å². The van der Waals surface area contributed by atoms with Gasteiger partial charge in [-0.25, -0.2) is 0 Å². The van der Waals surface area contributed by atoms with Crippen molar-refractivity contribution < 1.29 is 24.2 Å². The predicted molar refractivity (Wildman–Crippen MR) is 146 cm³/mol. The fraction of sp³-hybridized carbons (Fsp3) is 0.400. The molecule has 2 aromatic rings. The van der Waals surface area contributed by atoms with Crippen LogP contribution in [-0.4, -0.2) is 65.5 Å². The minimum atomic E-state index is -0.697. The van der Waals surface area contributed by atoms with Crippen LogP contribution in [0, 0.1) is 0 Å². The van der Waals surface area contributed by atoms with Gasteiger partial charge >= 0.3 is 0 Å². The van der Waals surface area contributed by atoms with E-state index < -0.39 is 17.7 Å². The van der Waals surface area contributed by atoms with Crippen molar-refractivity contribution in [1.29, 1.82) is 0 Å². The maximum absolute atomic E-state index is 13.3. The summed E-state index contributed by atoms with van der Waals surface area (Å²) in [5.74, 6) is -0.159. The Hall–Kier alpha value is -3.58. The number of hydrogen-bond acceptors (Lipinski definition) is 6. The molecule has 0 bridgehead atoms. The minimum absolute atomic E-state index is 0.0135. The fourth-order valence-corrected chi connectivity index (χ4v) is 4.48. The third-order valence-electron chi connectivity index (χ3n) is 6.37. The largest absolute Gasteiger partial charge is 0.507 e. The van der Waals surface area contributed by atoms with Gasteiger partial charge in [0.1, 0.15) is 23.9 Å². The van der Waals surface area contributed by atoms with Gasteiger partial charge in [0, 0.05) is 12.1 Å². The molecular weight excluding hydrogens is 468 g/mol. The molecule has 1 amide bonds. The van der Waals surface area contributed by atoms with Gasteiger partial charge in [0.15, 0.2) is 0 Å². The number of aliphatic hydroxyl groups excluding tert-OH is 1. The van der Waals surface area contributed by atoms with Gasteiger partial charge in [-0.1, -0.05) is 38.6 Å². The van der Waals surface area contributed by atoms with Gasteiger partial charge in [0.25, 0.3) is 11.7 Å². The van der Waals surface area contributed by atoms with Gasteiger partial charge in [-0.15, -0.1) is 0 Å². The third-order valence-corrected chi connectivity index (χ3v) is 6.37. The number of aliphatic hydroxyl groups is 1. The second kappa shape index (κ2) is 13.1. The molecule has 0 aliphatic carbocycles. The quantitative estimate of drug-likeness (QED) is 0.174. The predicted octanol–water partition coefficient (Wildman–Crippen LogP) is 5.19. The number of amides is 1. The Balaban J connectivity index is 1.99. The molecule has 7 heteroatoms. The Morgan fingerprint density at radius 3 is 2.24 bits per heavy atom. The number of ether oxygens (including phenoxy) is 2. The summed E-state index contributed by atoms with van der Waals surface area (Å²) in [6.07, 6.45) is 2.39. The van der Waals surface area contributed by atoms with Crippen LogP contribution in [0.1, 0.15) is 51.3 Å². The molecule has 37 heavy (non-hydrogen) atoms. The van der Waals surface area contributed by atoms with E-state index in [0.717, 1.165) is 25.2 Å². The van der Waals surface area contributed by atoms with Crippen molar-refractivity contribution in [3.63, 3.8) is 0 Å². The summed E-state index contributed by atoms with van der Waals surface area (Å²) in [7, 11) is 0. The van der Waals surface area contributed by atoms with Crippen LogP contribution in [0.5, 0.6) is 11.5 Å². The summed E-state index contributed by atoms with van der Waals surface area (Å²) >= 11 is 0. The first kappa shape index (κ1) is 28.0. The summed E-state index contributed by atoms with van der Waals surface area (Å²) in [6.45, 7) is 15.2. The topological polar surface area (TPSA) is 79.3 Å². The lowest BCUT2D eigenvalue weighted by Gasteiger charge is -2.27. The van der Waals surface area contributed by atoms with E-state index in [-0.39, 0.29) is 17.4 Å². The van der Waals surface area contributed by atoms with Gasteiger partial charge in [-0.05, 0) is 81.9 Å². The number of rotatable bonds is 13. The molecule has 0 saturated carbocycles. The van der Waals surface area contributed by atoms with Gasteiger partial charge < -0.3 is 24.4 Å². The smallest absolute Gasteiger partial charge is 0.295 e. The SMILES string of the molecule is C=CCOc1ccc([C@@H]2/C(=C(\O)c3ccc(OC(C)C)cc3)C(=O)C(=O)N2CCCN(CC)CC)cc1. The number of likely N-dealkylation sites (tertiary alicyclic amines) is 1. The Kier molecular flexibility index (Phi) is 9.92. The van der Waals surface area contributed by atoms with E-state index in [1.54, 1.807) is 47.4 Å². The monoisotopic (exact) mass is 506 g/mol. The molecule has 7 nitrogen and oxygen atoms in total. The fourth-order valence-electron chi connectivity index (χ4n) is 4.48. The van der Waals surface area contributed by atoms with E-state index in [4.69, 9.17) is 9.47 Å². The molecule has 0 radical (unpaired) electrons. The Morgan fingerprint density at radius 2 is 1.68 bits per heavy atom. The van der Waals surface area contributed by atoms with Crippen LogP contribution in [-0.2, 0) is 9.59 Å². The van der Waals surface area contributed by atoms with E-state index in [1.807, 2.05) is 26.0 Å². The van der Waals surface area contributed by atoms with Crippen LogP contribution >= 0.6 is 0 Å². The molecule has 198 valence electrons. The number of benzene rings is 2. The highest BCUT2D eigenvalue weighted by molar-refractivity contribution is 6.46.